The quantitative estimate of drug-likeness (QED) is 0.555. The van der Waals surface area contributed by atoms with E-state index in [2.05, 4.69) is 66.4 Å². The van der Waals surface area contributed by atoms with Crippen LogP contribution < -0.4 is 0 Å². The van der Waals surface area contributed by atoms with E-state index in [1.54, 1.807) is 11.1 Å². The summed E-state index contributed by atoms with van der Waals surface area (Å²) >= 11 is 0. The fourth-order valence-electron chi connectivity index (χ4n) is 3.96. The number of fused-ring (bicyclic) bond motifs is 1. The molecule has 1 heteroatoms. The van der Waals surface area contributed by atoms with Crippen molar-refractivity contribution in [3.05, 3.63) is 71.3 Å². The van der Waals surface area contributed by atoms with Crippen molar-refractivity contribution < 1.29 is 0 Å². The average Bonchev–Trinajstić information content (AvgIpc) is 2.64. The molecule has 1 nitrogen and oxygen atoms in total. The highest BCUT2D eigenvalue weighted by Gasteiger charge is 2.24. The van der Waals surface area contributed by atoms with Gasteiger partial charge in [0.15, 0.2) is 0 Å². The van der Waals surface area contributed by atoms with Crippen LogP contribution in [-0.4, -0.2) is 18.0 Å². The molecule has 0 saturated carbocycles. The largest absolute Gasteiger partial charge is 0.298 e. The molecule has 0 aliphatic carbocycles. The number of hydrogen-bond acceptors (Lipinski definition) is 1. The Morgan fingerprint density at radius 2 is 1.71 bits per heavy atom. The summed E-state index contributed by atoms with van der Waals surface area (Å²) in [5, 5.41) is 0. The molecule has 0 amide bonds. The Hall–Kier alpha value is -1.60. The minimum Gasteiger partial charge on any atom is -0.298 e. The van der Waals surface area contributed by atoms with Crippen molar-refractivity contribution in [2.45, 2.75) is 57.9 Å². The lowest BCUT2D eigenvalue weighted by Gasteiger charge is -2.35. The molecule has 2 aromatic carbocycles. The van der Waals surface area contributed by atoms with Crippen molar-refractivity contribution in [2.24, 2.45) is 0 Å². The van der Waals surface area contributed by atoms with Gasteiger partial charge >= 0.3 is 0 Å². The zero-order valence-corrected chi connectivity index (χ0v) is 15.1. The first kappa shape index (κ1) is 17.2. The second-order valence-electron chi connectivity index (χ2n) is 7.22. The van der Waals surface area contributed by atoms with Crippen LogP contribution in [-0.2, 0) is 13.0 Å². The van der Waals surface area contributed by atoms with E-state index < -0.39 is 0 Å². The molecule has 0 bridgehead atoms. The topological polar surface area (TPSA) is 3.24 Å². The van der Waals surface area contributed by atoms with Crippen LogP contribution in [0.1, 0.15) is 61.6 Å². The fourth-order valence-corrected chi connectivity index (χ4v) is 3.96. The molecule has 128 valence electrons. The van der Waals surface area contributed by atoms with Gasteiger partial charge in [-0.2, -0.15) is 0 Å². The summed E-state index contributed by atoms with van der Waals surface area (Å²) in [6, 6.07) is 20.0. The minimum absolute atomic E-state index is 0.725. The van der Waals surface area contributed by atoms with E-state index in [-0.39, 0.29) is 0 Å². The summed E-state index contributed by atoms with van der Waals surface area (Å²) in [6.07, 6.45) is 7.97. The van der Waals surface area contributed by atoms with E-state index in [0.717, 1.165) is 18.9 Å². The summed E-state index contributed by atoms with van der Waals surface area (Å²) < 4.78 is 0. The Bertz CT molecular complexity index is 604. The molecule has 1 heterocycles. The van der Waals surface area contributed by atoms with E-state index in [4.69, 9.17) is 0 Å². The molecule has 2 aromatic rings. The van der Waals surface area contributed by atoms with Gasteiger partial charge < -0.3 is 0 Å². The predicted octanol–water partition coefficient (Wildman–Crippen LogP) is 5.80. The SMILES string of the molecule is CCCCCCC1CN(CCc2ccccc2)Cc2ccccc21. The van der Waals surface area contributed by atoms with Gasteiger partial charge in [0.2, 0.25) is 0 Å². The van der Waals surface area contributed by atoms with E-state index in [9.17, 15) is 0 Å². The zero-order chi connectivity index (χ0) is 16.6. The number of nitrogens with zero attached hydrogens (tertiary/aromatic N) is 1. The van der Waals surface area contributed by atoms with Gasteiger partial charge in [0, 0.05) is 19.6 Å². The second-order valence-corrected chi connectivity index (χ2v) is 7.22. The van der Waals surface area contributed by atoms with Crippen molar-refractivity contribution in [1.29, 1.82) is 0 Å². The monoisotopic (exact) mass is 321 g/mol. The first-order valence-corrected chi connectivity index (χ1v) is 9.71. The van der Waals surface area contributed by atoms with Gasteiger partial charge in [0.1, 0.15) is 0 Å². The standard InChI is InChI=1S/C23H31N/c1-2-3-4-8-13-21-18-24(17-16-20-11-6-5-7-12-20)19-22-14-9-10-15-23(21)22/h5-7,9-12,14-15,21H,2-4,8,13,16-19H2,1H3. The maximum absolute atomic E-state index is 2.67. The van der Waals surface area contributed by atoms with Gasteiger partial charge in [0.05, 0.1) is 0 Å². The Morgan fingerprint density at radius 1 is 0.917 bits per heavy atom. The number of hydrogen-bond donors (Lipinski definition) is 0. The Balaban J connectivity index is 1.61. The summed E-state index contributed by atoms with van der Waals surface area (Å²) in [5.41, 5.74) is 4.62. The average molecular weight is 322 g/mol. The molecule has 0 saturated heterocycles. The molecule has 0 N–H and O–H groups in total. The van der Waals surface area contributed by atoms with Crippen LogP contribution in [0.5, 0.6) is 0 Å². The number of rotatable bonds is 8. The molecule has 0 aromatic heterocycles. The lowest BCUT2D eigenvalue weighted by molar-refractivity contribution is 0.226. The maximum Gasteiger partial charge on any atom is 0.0236 e. The molecule has 1 aliphatic heterocycles. The van der Waals surface area contributed by atoms with Gasteiger partial charge in [-0.25, -0.2) is 0 Å². The van der Waals surface area contributed by atoms with Gasteiger partial charge in [0.25, 0.3) is 0 Å². The van der Waals surface area contributed by atoms with E-state index in [1.165, 1.54) is 50.8 Å². The Morgan fingerprint density at radius 3 is 2.54 bits per heavy atom. The lowest BCUT2D eigenvalue weighted by Crippen LogP contribution is -2.35. The molecule has 3 rings (SSSR count). The second kappa shape index (κ2) is 9.03. The van der Waals surface area contributed by atoms with Crippen LogP contribution in [0, 0.1) is 0 Å². The van der Waals surface area contributed by atoms with Gasteiger partial charge in [-0.15, -0.1) is 0 Å². The van der Waals surface area contributed by atoms with Crippen LogP contribution in [0.25, 0.3) is 0 Å². The van der Waals surface area contributed by atoms with E-state index in [1.807, 2.05) is 0 Å². The third-order valence-electron chi connectivity index (χ3n) is 5.33. The highest BCUT2D eigenvalue weighted by Crippen LogP contribution is 2.32. The van der Waals surface area contributed by atoms with Gasteiger partial charge in [-0.3, -0.25) is 4.90 Å². The number of benzene rings is 2. The molecule has 1 aliphatic rings. The normalized spacial score (nSPS) is 17.6. The maximum atomic E-state index is 2.67. The van der Waals surface area contributed by atoms with Crippen molar-refractivity contribution in [3.63, 3.8) is 0 Å². The lowest BCUT2D eigenvalue weighted by atomic mass is 9.86. The zero-order valence-electron chi connectivity index (χ0n) is 15.1. The molecule has 0 spiro atoms. The van der Waals surface area contributed by atoms with Crippen LogP contribution in [0.15, 0.2) is 54.6 Å². The highest BCUT2D eigenvalue weighted by molar-refractivity contribution is 5.32. The van der Waals surface area contributed by atoms with Crippen molar-refractivity contribution in [1.82, 2.24) is 4.90 Å². The minimum atomic E-state index is 0.725. The summed E-state index contributed by atoms with van der Waals surface area (Å²) in [7, 11) is 0. The Labute approximate surface area is 147 Å². The summed E-state index contributed by atoms with van der Waals surface area (Å²) in [6.45, 7) is 5.81. The van der Waals surface area contributed by atoms with Crippen LogP contribution >= 0.6 is 0 Å². The molecule has 0 radical (unpaired) electrons. The molecule has 1 unspecified atom stereocenters. The molecule has 1 atom stereocenters. The fraction of sp³-hybridized carbons (Fsp3) is 0.478. The van der Waals surface area contributed by atoms with E-state index >= 15 is 0 Å². The highest BCUT2D eigenvalue weighted by atomic mass is 15.1. The first-order valence-electron chi connectivity index (χ1n) is 9.71. The van der Waals surface area contributed by atoms with Crippen LogP contribution in [0.2, 0.25) is 0 Å². The van der Waals surface area contributed by atoms with Crippen molar-refractivity contribution in [2.75, 3.05) is 13.1 Å². The molecular weight excluding hydrogens is 290 g/mol. The molecule has 24 heavy (non-hydrogen) atoms. The number of unbranched alkanes of at least 4 members (excludes halogenated alkanes) is 3. The predicted molar refractivity (Wildman–Crippen MR) is 103 cm³/mol. The van der Waals surface area contributed by atoms with Crippen molar-refractivity contribution >= 4 is 0 Å². The Kier molecular flexibility index (Phi) is 6.48. The molecular formula is C23H31N. The smallest absolute Gasteiger partial charge is 0.0236 e. The summed E-state index contributed by atoms with van der Waals surface area (Å²) in [5.74, 6) is 0.725. The van der Waals surface area contributed by atoms with E-state index in [0.29, 0.717) is 0 Å². The van der Waals surface area contributed by atoms with Crippen LogP contribution in [0.4, 0.5) is 0 Å². The first-order chi connectivity index (χ1) is 11.9. The van der Waals surface area contributed by atoms with Gasteiger partial charge in [-0.05, 0) is 35.4 Å². The third-order valence-corrected chi connectivity index (χ3v) is 5.33. The summed E-state index contributed by atoms with van der Waals surface area (Å²) in [4.78, 5) is 2.67. The third kappa shape index (κ3) is 4.70. The van der Waals surface area contributed by atoms with Gasteiger partial charge in [-0.1, -0.05) is 87.2 Å². The molecule has 0 fully saturated rings. The van der Waals surface area contributed by atoms with Crippen LogP contribution in [0.3, 0.4) is 0 Å². The van der Waals surface area contributed by atoms with Crippen molar-refractivity contribution in [3.8, 4) is 0 Å².